The van der Waals surface area contributed by atoms with Crippen molar-refractivity contribution < 1.29 is 9.50 Å². The zero-order chi connectivity index (χ0) is 10.7. The number of aliphatic hydroxyl groups excluding tert-OH is 1. The Kier molecular flexibility index (Phi) is 2.78. The molecule has 0 saturated heterocycles. The molecule has 1 N–H and O–H groups in total. The van der Waals surface area contributed by atoms with Crippen LogP contribution < -0.4 is 0 Å². The van der Waals surface area contributed by atoms with Gasteiger partial charge in [0.2, 0.25) is 0 Å². The minimum absolute atomic E-state index is 0.0247. The summed E-state index contributed by atoms with van der Waals surface area (Å²) < 4.78 is 14.5. The Morgan fingerprint density at radius 3 is 2.87 bits per heavy atom. The Hall–Kier alpha value is -1.68. The Balaban J connectivity index is 2.14. The maximum Gasteiger partial charge on any atom is 0.123 e. The van der Waals surface area contributed by atoms with Gasteiger partial charge in [-0.05, 0) is 17.7 Å². The lowest BCUT2D eigenvalue weighted by Gasteiger charge is -2.01. The third-order valence-electron chi connectivity index (χ3n) is 2.10. The summed E-state index contributed by atoms with van der Waals surface area (Å²) in [7, 11) is 0. The summed E-state index contributed by atoms with van der Waals surface area (Å²) in [5, 5.41) is 12.9. The molecular formula is C11H11FN2O. The van der Waals surface area contributed by atoms with Gasteiger partial charge in [-0.15, -0.1) is 0 Å². The maximum absolute atomic E-state index is 12.9. The van der Waals surface area contributed by atoms with Crippen LogP contribution in [-0.2, 0) is 13.2 Å². The summed E-state index contributed by atoms with van der Waals surface area (Å²) in [5.41, 5.74) is 1.61. The molecule has 0 aliphatic rings. The fourth-order valence-corrected chi connectivity index (χ4v) is 1.40. The van der Waals surface area contributed by atoms with E-state index in [9.17, 15) is 4.39 Å². The Morgan fingerprint density at radius 1 is 1.33 bits per heavy atom. The zero-order valence-electron chi connectivity index (χ0n) is 8.10. The van der Waals surface area contributed by atoms with E-state index in [1.807, 2.05) is 6.07 Å². The van der Waals surface area contributed by atoms with Gasteiger partial charge < -0.3 is 5.11 Å². The number of hydrogen-bond donors (Lipinski definition) is 1. The molecule has 0 saturated carbocycles. The van der Waals surface area contributed by atoms with Gasteiger partial charge in [-0.25, -0.2) is 4.39 Å². The molecule has 1 aromatic carbocycles. The first kappa shape index (κ1) is 9.86. The average Bonchev–Trinajstić information content (AvgIpc) is 2.65. The fraction of sp³-hybridized carbons (Fsp3) is 0.182. The van der Waals surface area contributed by atoms with Crippen LogP contribution in [0.1, 0.15) is 11.1 Å². The van der Waals surface area contributed by atoms with E-state index in [1.165, 1.54) is 12.1 Å². The van der Waals surface area contributed by atoms with E-state index in [1.54, 1.807) is 23.1 Å². The van der Waals surface area contributed by atoms with Crippen LogP contribution in [0.15, 0.2) is 36.7 Å². The summed E-state index contributed by atoms with van der Waals surface area (Å²) in [5.74, 6) is -0.248. The smallest absolute Gasteiger partial charge is 0.123 e. The SMILES string of the molecule is OCc1cnn(Cc2cccc(F)c2)c1. The molecule has 4 heteroatoms. The van der Waals surface area contributed by atoms with Gasteiger partial charge in [0, 0.05) is 11.8 Å². The number of nitrogens with zero attached hydrogens (tertiary/aromatic N) is 2. The highest BCUT2D eigenvalue weighted by molar-refractivity contribution is 5.16. The van der Waals surface area contributed by atoms with Crippen molar-refractivity contribution in [1.82, 2.24) is 9.78 Å². The summed E-state index contributed by atoms with van der Waals surface area (Å²) in [6, 6.07) is 6.39. The lowest BCUT2D eigenvalue weighted by molar-refractivity contribution is 0.281. The van der Waals surface area contributed by atoms with Crippen LogP contribution in [-0.4, -0.2) is 14.9 Å². The third kappa shape index (κ3) is 2.41. The van der Waals surface area contributed by atoms with Gasteiger partial charge in [0.25, 0.3) is 0 Å². The molecule has 0 spiro atoms. The average molecular weight is 206 g/mol. The Labute approximate surface area is 86.8 Å². The molecule has 2 rings (SSSR count). The van der Waals surface area contributed by atoms with Crippen LogP contribution in [0.2, 0.25) is 0 Å². The van der Waals surface area contributed by atoms with E-state index in [0.29, 0.717) is 6.54 Å². The van der Waals surface area contributed by atoms with Crippen molar-refractivity contribution in [3.05, 3.63) is 53.6 Å². The van der Waals surface area contributed by atoms with Crippen molar-refractivity contribution >= 4 is 0 Å². The molecule has 0 radical (unpaired) electrons. The lowest BCUT2D eigenvalue weighted by atomic mass is 10.2. The highest BCUT2D eigenvalue weighted by Gasteiger charge is 1.99. The van der Waals surface area contributed by atoms with Crippen LogP contribution in [0, 0.1) is 5.82 Å². The molecule has 3 nitrogen and oxygen atoms in total. The fourth-order valence-electron chi connectivity index (χ4n) is 1.40. The van der Waals surface area contributed by atoms with E-state index in [2.05, 4.69) is 5.10 Å². The van der Waals surface area contributed by atoms with Gasteiger partial charge in [-0.3, -0.25) is 4.68 Å². The highest BCUT2D eigenvalue weighted by atomic mass is 19.1. The molecule has 78 valence electrons. The van der Waals surface area contributed by atoms with Crippen LogP contribution in [0.4, 0.5) is 4.39 Å². The Bertz CT molecular complexity index is 453. The summed E-state index contributed by atoms with van der Waals surface area (Å²) >= 11 is 0. The predicted octanol–water partition coefficient (Wildman–Crippen LogP) is 1.56. The lowest BCUT2D eigenvalue weighted by Crippen LogP contribution is -2.00. The minimum atomic E-state index is -0.248. The number of halogens is 1. The first-order valence-electron chi connectivity index (χ1n) is 4.64. The van der Waals surface area contributed by atoms with Crippen LogP contribution in [0.25, 0.3) is 0 Å². The van der Waals surface area contributed by atoms with Crippen molar-refractivity contribution in [3.8, 4) is 0 Å². The molecule has 0 bridgehead atoms. The van der Waals surface area contributed by atoms with Crippen LogP contribution >= 0.6 is 0 Å². The first-order chi connectivity index (χ1) is 7.28. The molecule has 0 atom stereocenters. The van der Waals surface area contributed by atoms with Gasteiger partial charge >= 0.3 is 0 Å². The molecule has 0 unspecified atom stereocenters. The Morgan fingerprint density at radius 2 is 2.20 bits per heavy atom. The quantitative estimate of drug-likeness (QED) is 0.827. The maximum atomic E-state index is 12.9. The van der Waals surface area contributed by atoms with Crippen molar-refractivity contribution in [2.75, 3.05) is 0 Å². The van der Waals surface area contributed by atoms with Gasteiger partial charge in [0.1, 0.15) is 5.82 Å². The largest absolute Gasteiger partial charge is 0.392 e. The van der Waals surface area contributed by atoms with Gasteiger partial charge in [-0.2, -0.15) is 5.10 Å². The van der Waals surface area contributed by atoms with Crippen molar-refractivity contribution in [2.24, 2.45) is 0 Å². The van der Waals surface area contributed by atoms with E-state index >= 15 is 0 Å². The van der Waals surface area contributed by atoms with Crippen molar-refractivity contribution in [3.63, 3.8) is 0 Å². The number of hydrogen-bond acceptors (Lipinski definition) is 2. The molecule has 0 aliphatic heterocycles. The summed E-state index contributed by atoms with van der Waals surface area (Å²) in [6.07, 6.45) is 3.34. The summed E-state index contributed by atoms with van der Waals surface area (Å²) in [6.45, 7) is 0.487. The number of benzene rings is 1. The number of aliphatic hydroxyl groups is 1. The molecule has 0 aliphatic carbocycles. The molecule has 1 aromatic heterocycles. The molecule has 2 aromatic rings. The van der Waals surface area contributed by atoms with E-state index in [-0.39, 0.29) is 12.4 Å². The highest BCUT2D eigenvalue weighted by Crippen LogP contribution is 2.06. The third-order valence-corrected chi connectivity index (χ3v) is 2.10. The molecule has 0 amide bonds. The minimum Gasteiger partial charge on any atom is -0.392 e. The molecule has 0 fully saturated rings. The second kappa shape index (κ2) is 4.23. The van der Waals surface area contributed by atoms with E-state index < -0.39 is 0 Å². The second-order valence-corrected chi connectivity index (χ2v) is 3.33. The molecule has 1 heterocycles. The van der Waals surface area contributed by atoms with Gasteiger partial charge in [0.05, 0.1) is 19.3 Å². The zero-order valence-corrected chi connectivity index (χ0v) is 8.10. The monoisotopic (exact) mass is 206 g/mol. The standard InChI is InChI=1S/C11H11FN2O/c12-11-3-1-2-9(4-11)6-14-7-10(8-15)5-13-14/h1-5,7,15H,6,8H2. The summed E-state index contributed by atoms with van der Waals surface area (Å²) in [4.78, 5) is 0. The number of aromatic nitrogens is 2. The van der Waals surface area contributed by atoms with Crippen LogP contribution in [0.5, 0.6) is 0 Å². The van der Waals surface area contributed by atoms with Gasteiger partial charge in [0.15, 0.2) is 0 Å². The topological polar surface area (TPSA) is 38.1 Å². The molecule has 15 heavy (non-hydrogen) atoms. The van der Waals surface area contributed by atoms with Crippen molar-refractivity contribution in [2.45, 2.75) is 13.2 Å². The molecular weight excluding hydrogens is 195 g/mol. The second-order valence-electron chi connectivity index (χ2n) is 3.33. The predicted molar refractivity (Wildman–Crippen MR) is 53.7 cm³/mol. The first-order valence-corrected chi connectivity index (χ1v) is 4.64. The van der Waals surface area contributed by atoms with E-state index in [0.717, 1.165) is 11.1 Å². The normalized spacial score (nSPS) is 10.5. The van der Waals surface area contributed by atoms with Crippen LogP contribution in [0.3, 0.4) is 0 Å². The van der Waals surface area contributed by atoms with Gasteiger partial charge in [-0.1, -0.05) is 12.1 Å². The van der Waals surface area contributed by atoms with E-state index in [4.69, 9.17) is 5.11 Å². The van der Waals surface area contributed by atoms with Crippen molar-refractivity contribution in [1.29, 1.82) is 0 Å². The number of rotatable bonds is 3.